The number of halogens is 1. The lowest BCUT2D eigenvalue weighted by Gasteiger charge is -2.05. The molecule has 0 saturated carbocycles. The molecule has 0 aliphatic rings. The van der Waals surface area contributed by atoms with E-state index in [-0.39, 0.29) is 12.4 Å². The van der Waals surface area contributed by atoms with Gasteiger partial charge >= 0.3 is 5.97 Å². The Balaban J connectivity index is 2.63. The fourth-order valence-electron chi connectivity index (χ4n) is 0.830. The van der Waals surface area contributed by atoms with Gasteiger partial charge in [0.05, 0.1) is 7.11 Å². The average molecular weight is 199 g/mol. The van der Waals surface area contributed by atoms with Crippen molar-refractivity contribution in [3.8, 4) is 5.75 Å². The summed E-state index contributed by atoms with van der Waals surface area (Å²) in [4.78, 5) is 10.7. The van der Waals surface area contributed by atoms with Crippen LogP contribution >= 0.6 is 0 Å². The number of carbonyl (C=O) groups excluding carboxylic acids is 1. The highest BCUT2D eigenvalue weighted by molar-refractivity contribution is 5.70. The van der Waals surface area contributed by atoms with Crippen LogP contribution in [0.5, 0.6) is 5.75 Å². The number of ether oxygens (including phenoxy) is 2. The molecule has 76 valence electrons. The molecule has 0 aromatic heterocycles. The highest BCUT2D eigenvalue weighted by atomic mass is 19.1. The monoisotopic (exact) mass is 199 g/mol. The maximum atomic E-state index is 13.0. The van der Waals surface area contributed by atoms with Gasteiger partial charge in [0.15, 0.2) is 18.2 Å². The Morgan fingerprint density at radius 1 is 1.57 bits per heavy atom. The summed E-state index contributed by atoms with van der Waals surface area (Å²) in [6, 6.07) is 3.95. The van der Waals surface area contributed by atoms with E-state index in [4.69, 9.17) is 10.5 Å². The van der Waals surface area contributed by atoms with Crippen LogP contribution in [0, 0.1) is 5.82 Å². The largest absolute Gasteiger partial charge is 0.479 e. The number of benzene rings is 1. The van der Waals surface area contributed by atoms with E-state index in [1.54, 1.807) is 0 Å². The minimum absolute atomic E-state index is 0.0235. The normalized spacial score (nSPS) is 9.57. The predicted octanol–water partition coefficient (Wildman–Crippen LogP) is 0.960. The van der Waals surface area contributed by atoms with Gasteiger partial charge in [0.2, 0.25) is 0 Å². The Labute approximate surface area is 80.4 Å². The molecule has 5 heteroatoms. The van der Waals surface area contributed by atoms with Crippen LogP contribution in [-0.2, 0) is 9.53 Å². The van der Waals surface area contributed by atoms with Crippen molar-refractivity contribution >= 4 is 11.7 Å². The maximum absolute atomic E-state index is 13.0. The molecule has 1 rings (SSSR count). The van der Waals surface area contributed by atoms with Crippen LogP contribution in [0.15, 0.2) is 18.2 Å². The Kier molecular flexibility index (Phi) is 3.28. The maximum Gasteiger partial charge on any atom is 0.343 e. The van der Waals surface area contributed by atoms with E-state index < -0.39 is 11.8 Å². The van der Waals surface area contributed by atoms with Gasteiger partial charge in [-0.3, -0.25) is 0 Å². The number of hydrogen-bond donors (Lipinski definition) is 1. The number of methoxy groups -OCH3 is 1. The molecule has 0 atom stereocenters. The molecule has 2 N–H and O–H groups in total. The van der Waals surface area contributed by atoms with Gasteiger partial charge in [-0.05, 0) is 12.1 Å². The van der Waals surface area contributed by atoms with Crippen LogP contribution in [0.4, 0.5) is 10.1 Å². The van der Waals surface area contributed by atoms with Crippen molar-refractivity contribution in [3.63, 3.8) is 0 Å². The number of carbonyl (C=O) groups is 1. The molecular weight excluding hydrogens is 189 g/mol. The molecule has 0 aliphatic carbocycles. The second-order valence-electron chi connectivity index (χ2n) is 2.55. The molecule has 1 aromatic carbocycles. The van der Waals surface area contributed by atoms with Gasteiger partial charge in [0.1, 0.15) is 0 Å². The average Bonchev–Trinajstić information content (AvgIpc) is 2.16. The zero-order valence-corrected chi connectivity index (χ0v) is 7.62. The van der Waals surface area contributed by atoms with Crippen LogP contribution < -0.4 is 10.5 Å². The topological polar surface area (TPSA) is 61.5 Å². The Morgan fingerprint density at radius 2 is 2.29 bits per heavy atom. The second-order valence-corrected chi connectivity index (χ2v) is 2.55. The highest BCUT2D eigenvalue weighted by Crippen LogP contribution is 2.19. The summed E-state index contributed by atoms with van der Waals surface area (Å²) in [6.07, 6.45) is 0. The van der Waals surface area contributed by atoms with Gasteiger partial charge in [-0.15, -0.1) is 0 Å². The van der Waals surface area contributed by atoms with E-state index in [0.29, 0.717) is 5.69 Å². The third-order valence-electron chi connectivity index (χ3n) is 1.53. The minimum Gasteiger partial charge on any atom is -0.479 e. The third-order valence-corrected chi connectivity index (χ3v) is 1.53. The standard InChI is InChI=1S/C9H10FNO3/c1-13-9(12)5-14-8-3-2-6(11)4-7(8)10/h2-4H,5,11H2,1H3. The van der Waals surface area contributed by atoms with Gasteiger partial charge in [-0.2, -0.15) is 0 Å². The molecule has 0 bridgehead atoms. The highest BCUT2D eigenvalue weighted by Gasteiger charge is 2.06. The van der Waals surface area contributed by atoms with Crippen molar-refractivity contribution in [2.24, 2.45) is 0 Å². The zero-order chi connectivity index (χ0) is 10.6. The van der Waals surface area contributed by atoms with Crippen LogP contribution in [-0.4, -0.2) is 19.7 Å². The lowest BCUT2D eigenvalue weighted by atomic mass is 10.3. The molecule has 0 heterocycles. The molecule has 0 unspecified atom stereocenters. The molecule has 1 aromatic rings. The number of esters is 1. The van der Waals surface area contributed by atoms with E-state index in [9.17, 15) is 9.18 Å². The summed E-state index contributed by atoms with van der Waals surface area (Å²) < 4.78 is 22.2. The van der Waals surface area contributed by atoms with Crippen molar-refractivity contribution in [3.05, 3.63) is 24.0 Å². The van der Waals surface area contributed by atoms with E-state index in [1.165, 1.54) is 19.2 Å². The summed E-state index contributed by atoms with van der Waals surface area (Å²) in [5.41, 5.74) is 5.62. The van der Waals surface area contributed by atoms with Crippen molar-refractivity contribution in [1.82, 2.24) is 0 Å². The smallest absolute Gasteiger partial charge is 0.343 e. The van der Waals surface area contributed by atoms with Gasteiger partial charge in [0.25, 0.3) is 0 Å². The predicted molar refractivity (Wildman–Crippen MR) is 48.3 cm³/mol. The van der Waals surface area contributed by atoms with Gasteiger partial charge < -0.3 is 15.2 Å². The summed E-state index contributed by atoms with van der Waals surface area (Å²) in [7, 11) is 1.23. The first-order chi connectivity index (χ1) is 6.63. The van der Waals surface area contributed by atoms with Crippen LogP contribution in [0.3, 0.4) is 0 Å². The van der Waals surface area contributed by atoms with Crippen LogP contribution in [0.25, 0.3) is 0 Å². The number of nitrogens with two attached hydrogens (primary N) is 1. The van der Waals surface area contributed by atoms with Gasteiger partial charge in [-0.25, -0.2) is 9.18 Å². The van der Waals surface area contributed by atoms with Crippen molar-refractivity contribution < 1.29 is 18.7 Å². The lowest BCUT2D eigenvalue weighted by Crippen LogP contribution is -2.13. The summed E-state index contributed by atoms with van der Waals surface area (Å²) >= 11 is 0. The first kappa shape index (κ1) is 10.3. The van der Waals surface area contributed by atoms with E-state index in [0.717, 1.165) is 6.07 Å². The molecular formula is C9H10FNO3. The molecule has 0 fully saturated rings. The number of anilines is 1. The molecule has 0 radical (unpaired) electrons. The lowest BCUT2D eigenvalue weighted by molar-refractivity contribution is -0.142. The number of nitrogen functional groups attached to an aromatic ring is 1. The van der Waals surface area contributed by atoms with Gasteiger partial charge in [-0.1, -0.05) is 0 Å². The quantitative estimate of drug-likeness (QED) is 0.581. The minimum atomic E-state index is -0.603. The van der Waals surface area contributed by atoms with Crippen LogP contribution in [0.1, 0.15) is 0 Å². The van der Waals surface area contributed by atoms with Crippen molar-refractivity contribution in [2.45, 2.75) is 0 Å². The Hall–Kier alpha value is -1.78. The number of rotatable bonds is 3. The van der Waals surface area contributed by atoms with Crippen LogP contribution in [0.2, 0.25) is 0 Å². The number of hydrogen-bond acceptors (Lipinski definition) is 4. The molecule has 14 heavy (non-hydrogen) atoms. The van der Waals surface area contributed by atoms with Crippen molar-refractivity contribution in [1.29, 1.82) is 0 Å². The Morgan fingerprint density at radius 3 is 2.86 bits per heavy atom. The molecule has 0 amide bonds. The molecule has 0 spiro atoms. The Bertz CT molecular complexity index is 341. The SMILES string of the molecule is COC(=O)COc1ccc(N)cc1F. The first-order valence-electron chi connectivity index (χ1n) is 3.88. The fourth-order valence-corrected chi connectivity index (χ4v) is 0.830. The van der Waals surface area contributed by atoms with Gasteiger partial charge in [0, 0.05) is 11.8 Å². The fraction of sp³-hybridized carbons (Fsp3) is 0.222. The summed E-state index contributed by atoms with van der Waals surface area (Å²) in [5, 5.41) is 0. The van der Waals surface area contributed by atoms with E-state index >= 15 is 0 Å². The zero-order valence-electron chi connectivity index (χ0n) is 7.62. The molecule has 4 nitrogen and oxygen atoms in total. The summed E-state index contributed by atoms with van der Waals surface area (Å²) in [5.74, 6) is -1.19. The van der Waals surface area contributed by atoms with E-state index in [1.807, 2.05) is 0 Å². The summed E-state index contributed by atoms with van der Waals surface area (Å²) in [6.45, 7) is -0.322. The molecule has 0 aliphatic heterocycles. The third kappa shape index (κ3) is 2.62. The second kappa shape index (κ2) is 4.45. The van der Waals surface area contributed by atoms with E-state index in [2.05, 4.69) is 4.74 Å². The van der Waals surface area contributed by atoms with Crippen molar-refractivity contribution in [2.75, 3.05) is 19.5 Å². The first-order valence-corrected chi connectivity index (χ1v) is 3.88. The molecule has 0 saturated heterocycles.